The maximum absolute atomic E-state index is 13.6. The number of ketones is 1. The number of hydrogen-bond donors (Lipinski definition) is 2. The van der Waals surface area contributed by atoms with Gasteiger partial charge in [-0.15, -0.1) is 11.3 Å². The van der Waals surface area contributed by atoms with Gasteiger partial charge in [-0.05, 0) is 69.4 Å². The maximum Gasteiger partial charge on any atom is 0.294 e. The molecule has 0 unspecified atom stereocenters. The van der Waals surface area contributed by atoms with E-state index in [2.05, 4.69) is 20.5 Å². The molecule has 0 aliphatic carbocycles. The second-order valence-corrected chi connectivity index (χ2v) is 10.5. The number of rotatable bonds is 7. The number of aromatic nitrogens is 2. The van der Waals surface area contributed by atoms with E-state index in [1.54, 1.807) is 56.0 Å². The lowest BCUT2D eigenvalue weighted by Gasteiger charge is -2.41. The molecule has 1 aromatic carbocycles. The van der Waals surface area contributed by atoms with Crippen molar-refractivity contribution in [1.29, 1.82) is 0 Å². The molecule has 10 heteroatoms. The maximum atomic E-state index is 13.6. The summed E-state index contributed by atoms with van der Waals surface area (Å²) in [6.07, 6.45) is 3.89. The van der Waals surface area contributed by atoms with Crippen molar-refractivity contribution in [3.05, 3.63) is 63.7 Å². The van der Waals surface area contributed by atoms with Crippen LogP contribution in [0.4, 0.5) is 15.2 Å². The van der Waals surface area contributed by atoms with Gasteiger partial charge in [0, 0.05) is 48.6 Å². The van der Waals surface area contributed by atoms with Gasteiger partial charge in [0.15, 0.2) is 5.13 Å². The molecule has 4 rings (SSSR count). The van der Waals surface area contributed by atoms with Crippen LogP contribution in [0, 0.1) is 26.6 Å². The van der Waals surface area contributed by atoms with Crippen LogP contribution in [0.15, 0.2) is 29.8 Å². The quantitative estimate of drug-likeness (QED) is 0.349. The normalized spacial score (nSPS) is 14.9. The highest BCUT2D eigenvalue weighted by molar-refractivity contribution is 7.13. The molecule has 3 heterocycles. The molecule has 3 aromatic rings. The smallest absolute Gasteiger partial charge is 0.294 e. The fourth-order valence-corrected chi connectivity index (χ4v) is 5.72. The highest BCUT2D eigenvalue weighted by Crippen LogP contribution is 2.30. The van der Waals surface area contributed by atoms with Crippen LogP contribution in [0.3, 0.4) is 0 Å². The van der Waals surface area contributed by atoms with Crippen molar-refractivity contribution < 1.29 is 18.8 Å². The molecule has 37 heavy (non-hydrogen) atoms. The minimum Gasteiger partial charge on any atom is -0.348 e. The van der Waals surface area contributed by atoms with E-state index >= 15 is 0 Å². The van der Waals surface area contributed by atoms with Gasteiger partial charge < -0.3 is 20.1 Å². The molecular weight excluding hydrogens is 493 g/mol. The zero-order chi connectivity index (χ0) is 26.9. The molecule has 0 spiro atoms. The van der Waals surface area contributed by atoms with Crippen LogP contribution in [0.1, 0.15) is 63.9 Å². The fourth-order valence-electron chi connectivity index (χ4n) is 5.02. The van der Waals surface area contributed by atoms with Crippen LogP contribution in [0.25, 0.3) is 0 Å². The van der Waals surface area contributed by atoms with Gasteiger partial charge in [0.05, 0.1) is 11.3 Å². The second kappa shape index (κ2) is 10.5. The van der Waals surface area contributed by atoms with Crippen LogP contribution in [-0.2, 0) is 11.8 Å². The average molecular weight is 526 g/mol. The summed E-state index contributed by atoms with van der Waals surface area (Å²) in [5, 5.41) is 8.70. The summed E-state index contributed by atoms with van der Waals surface area (Å²) in [6, 6.07) is 4.32. The molecule has 2 amide bonds. The van der Waals surface area contributed by atoms with Crippen molar-refractivity contribution in [3.8, 4) is 0 Å². The number of anilines is 2. The lowest BCUT2D eigenvalue weighted by atomic mass is 9.84. The molecule has 1 aliphatic rings. The van der Waals surface area contributed by atoms with Crippen molar-refractivity contribution in [2.75, 3.05) is 23.3 Å². The van der Waals surface area contributed by atoms with Gasteiger partial charge in [0.1, 0.15) is 5.82 Å². The summed E-state index contributed by atoms with van der Waals surface area (Å²) in [4.78, 5) is 46.3. The van der Waals surface area contributed by atoms with Crippen LogP contribution in [0.2, 0.25) is 0 Å². The van der Waals surface area contributed by atoms with Crippen molar-refractivity contribution in [2.45, 2.75) is 52.5 Å². The largest absolute Gasteiger partial charge is 0.348 e. The number of amides is 2. The molecule has 0 saturated carbocycles. The fraction of sp³-hybridized carbons (Fsp3) is 0.407. The average Bonchev–Trinajstić information content (AvgIpc) is 3.48. The molecule has 196 valence electrons. The third kappa shape index (κ3) is 5.16. The number of benzene rings is 1. The first kappa shape index (κ1) is 26.5. The predicted molar refractivity (Wildman–Crippen MR) is 143 cm³/mol. The number of nitrogens with zero attached hydrogens (tertiary/aromatic N) is 3. The second-order valence-electron chi connectivity index (χ2n) is 9.63. The Morgan fingerprint density at radius 3 is 2.46 bits per heavy atom. The van der Waals surface area contributed by atoms with E-state index in [9.17, 15) is 18.8 Å². The Hall–Kier alpha value is -3.53. The number of nitrogens with one attached hydrogen (secondary N) is 2. The van der Waals surface area contributed by atoms with Crippen LogP contribution >= 0.6 is 11.3 Å². The van der Waals surface area contributed by atoms with Crippen molar-refractivity contribution in [1.82, 2.24) is 14.9 Å². The van der Waals surface area contributed by atoms with Crippen molar-refractivity contribution in [2.24, 2.45) is 7.05 Å². The van der Waals surface area contributed by atoms with Gasteiger partial charge in [-0.1, -0.05) is 6.92 Å². The highest BCUT2D eigenvalue weighted by Gasteiger charge is 2.38. The van der Waals surface area contributed by atoms with E-state index in [4.69, 9.17) is 0 Å². The Bertz CT molecular complexity index is 1340. The zero-order valence-corrected chi connectivity index (χ0v) is 22.6. The van der Waals surface area contributed by atoms with Crippen LogP contribution in [0.5, 0.6) is 0 Å². The number of carbonyl (C=O) groups is 3. The lowest BCUT2D eigenvalue weighted by molar-refractivity contribution is -0.119. The summed E-state index contributed by atoms with van der Waals surface area (Å²) >= 11 is 1.59. The molecule has 0 bridgehead atoms. The topological polar surface area (TPSA) is 96.3 Å². The third-order valence-corrected chi connectivity index (χ3v) is 8.29. The Balaban J connectivity index is 1.51. The van der Waals surface area contributed by atoms with Crippen molar-refractivity contribution in [3.63, 3.8) is 0 Å². The minimum atomic E-state index is -0.672. The molecule has 8 nitrogen and oxygen atoms in total. The first-order valence-corrected chi connectivity index (χ1v) is 13.2. The number of carbonyl (C=O) groups excluding carboxylic acids is 3. The first-order chi connectivity index (χ1) is 17.6. The Kier molecular flexibility index (Phi) is 7.49. The Labute approximate surface area is 219 Å². The SMILES string of the molecule is CCC1(NC(=O)C(=O)c2c(C)c(C(=O)Nc3ccc(F)c(C)c3)c(C)n2C)CCN(c2nccs2)CC1. The molecule has 0 radical (unpaired) electrons. The number of halogens is 1. The molecule has 1 aliphatic heterocycles. The number of piperidine rings is 1. The highest BCUT2D eigenvalue weighted by atomic mass is 32.1. The zero-order valence-electron chi connectivity index (χ0n) is 21.8. The summed E-state index contributed by atoms with van der Waals surface area (Å²) in [6.45, 7) is 8.51. The molecule has 1 saturated heterocycles. The summed E-state index contributed by atoms with van der Waals surface area (Å²) in [5.41, 5.74) is 1.88. The molecule has 1 fully saturated rings. The van der Waals surface area contributed by atoms with E-state index < -0.39 is 23.1 Å². The lowest BCUT2D eigenvalue weighted by Crippen LogP contribution is -2.56. The van der Waals surface area contributed by atoms with E-state index in [1.807, 2.05) is 12.3 Å². The Morgan fingerprint density at radius 1 is 1.16 bits per heavy atom. The summed E-state index contributed by atoms with van der Waals surface area (Å²) in [5.74, 6) is -2.12. The third-order valence-electron chi connectivity index (χ3n) is 7.46. The number of aryl methyl sites for hydroxylation is 1. The van der Waals surface area contributed by atoms with Crippen LogP contribution < -0.4 is 15.5 Å². The van der Waals surface area contributed by atoms with Gasteiger partial charge in [-0.25, -0.2) is 9.37 Å². The van der Waals surface area contributed by atoms with E-state index in [0.29, 0.717) is 47.3 Å². The summed E-state index contributed by atoms with van der Waals surface area (Å²) < 4.78 is 15.2. The number of thiazole rings is 1. The standard InChI is InChI=1S/C27H32FN5O3S/c1-6-27(9-12-33(13-10-27)26-29-11-14-37-26)31-25(36)23(34)22-17(3)21(18(4)32(22)5)24(35)30-19-7-8-20(28)16(2)15-19/h7-8,11,14-15H,6,9-10,12-13H2,1-5H3,(H,30,35)(H,31,36). The number of hydrogen-bond acceptors (Lipinski definition) is 6. The molecular formula is C27H32FN5O3S. The van der Waals surface area contributed by atoms with E-state index in [0.717, 1.165) is 18.2 Å². The monoisotopic (exact) mass is 525 g/mol. The van der Waals surface area contributed by atoms with Gasteiger partial charge in [0.2, 0.25) is 0 Å². The van der Waals surface area contributed by atoms with E-state index in [-0.39, 0.29) is 11.5 Å². The van der Waals surface area contributed by atoms with Crippen LogP contribution in [-0.4, -0.2) is 45.8 Å². The van der Waals surface area contributed by atoms with Gasteiger partial charge in [0.25, 0.3) is 17.6 Å². The summed E-state index contributed by atoms with van der Waals surface area (Å²) in [7, 11) is 1.67. The minimum absolute atomic E-state index is 0.182. The Morgan fingerprint density at radius 2 is 1.86 bits per heavy atom. The number of Topliss-reactive ketones (excluding diaryl/α,β-unsaturated/α-hetero) is 1. The molecule has 2 aromatic heterocycles. The van der Waals surface area contributed by atoms with Gasteiger partial charge >= 0.3 is 0 Å². The first-order valence-electron chi connectivity index (χ1n) is 12.3. The van der Waals surface area contributed by atoms with Crippen molar-refractivity contribution >= 4 is 39.8 Å². The molecule has 0 atom stereocenters. The van der Waals surface area contributed by atoms with Gasteiger partial charge in [-0.3, -0.25) is 14.4 Å². The van der Waals surface area contributed by atoms with Gasteiger partial charge in [-0.2, -0.15) is 0 Å². The van der Waals surface area contributed by atoms with E-state index in [1.165, 1.54) is 12.1 Å². The molecule has 2 N–H and O–H groups in total. The predicted octanol–water partition coefficient (Wildman–Crippen LogP) is 4.55.